The van der Waals surface area contributed by atoms with Gasteiger partial charge in [-0.1, -0.05) is 17.7 Å². The standard InChI is InChI=1S/C15H20N2O3/c1-11-4-6-13(7-5-11)20-12(2)15(19)17-9-3-8-16-14(18)10-17/h4-7,12H,3,8-10H2,1-2H3,(H,16,18). The molecular weight excluding hydrogens is 256 g/mol. The number of amides is 2. The number of hydrogen-bond donors (Lipinski definition) is 1. The summed E-state index contributed by atoms with van der Waals surface area (Å²) in [6.45, 7) is 5.02. The lowest BCUT2D eigenvalue weighted by atomic mass is 10.2. The highest BCUT2D eigenvalue weighted by Crippen LogP contribution is 2.14. The molecule has 1 aromatic carbocycles. The number of carbonyl (C=O) groups excluding carboxylic acids is 2. The van der Waals surface area contributed by atoms with Crippen LogP contribution in [0.5, 0.6) is 5.75 Å². The smallest absolute Gasteiger partial charge is 0.263 e. The molecule has 1 fully saturated rings. The first kappa shape index (κ1) is 14.4. The van der Waals surface area contributed by atoms with Crippen LogP contribution in [0, 0.1) is 6.92 Å². The molecule has 0 aromatic heterocycles. The molecule has 1 N–H and O–H groups in total. The van der Waals surface area contributed by atoms with Gasteiger partial charge in [0.15, 0.2) is 6.10 Å². The molecule has 5 heteroatoms. The van der Waals surface area contributed by atoms with Crippen molar-refractivity contribution < 1.29 is 14.3 Å². The number of nitrogens with zero attached hydrogens (tertiary/aromatic N) is 1. The van der Waals surface area contributed by atoms with E-state index in [9.17, 15) is 9.59 Å². The second kappa shape index (κ2) is 6.41. The Labute approximate surface area is 118 Å². The molecule has 1 aliphatic heterocycles. The summed E-state index contributed by atoms with van der Waals surface area (Å²) in [4.78, 5) is 25.3. The Morgan fingerprint density at radius 2 is 2.05 bits per heavy atom. The SMILES string of the molecule is Cc1ccc(OC(C)C(=O)N2CCCNC(=O)C2)cc1. The summed E-state index contributed by atoms with van der Waals surface area (Å²) >= 11 is 0. The molecule has 2 rings (SSSR count). The van der Waals surface area contributed by atoms with Crippen LogP contribution < -0.4 is 10.1 Å². The van der Waals surface area contributed by atoms with Gasteiger partial charge < -0.3 is 15.0 Å². The van der Waals surface area contributed by atoms with Crippen LogP contribution in [0.3, 0.4) is 0 Å². The lowest BCUT2D eigenvalue weighted by Crippen LogP contribution is -2.43. The molecule has 1 saturated heterocycles. The first-order valence-electron chi connectivity index (χ1n) is 6.85. The molecule has 2 amide bonds. The average Bonchev–Trinajstić information content (AvgIpc) is 2.65. The zero-order valence-electron chi connectivity index (χ0n) is 11.9. The summed E-state index contributed by atoms with van der Waals surface area (Å²) in [6, 6.07) is 7.56. The Bertz CT molecular complexity index is 484. The number of hydrogen-bond acceptors (Lipinski definition) is 3. The third-order valence-electron chi connectivity index (χ3n) is 3.25. The minimum atomic E-state index is -0.594. The van der Waals surface area contributed by atoms with Crippen molar-refractivity contribution in [2.24, 2.45) is 0 Å². The molecule has 1 aliphatic rings. The highest BCUT2D eigenvalue weighted by molar-refractivity contribution is 5.87. The van der Waals surface area contributed by atoms with Crippen molar-refractivity contribution in [1.82, 2.24) is 10.2 Å². The predicted molar refractivity (Wildman–Crippen MR) is 75.5 cm³/mol. The number of carbonyl (C=O) groups is 2. The van der Waals surface area contributed by atoms with Crippen LogP contribution in [0.1, 0.15) is 18.9 Å². The molecule has 1 atom stereocenters. The van der Waals surface area contributed by atoms with Gasteiger partial charge in [0, 0.05) is 13.1 Å². The second-order valence-corrected chi connectivity index (χ2v) is 5.04. The Hall–Kier alpha value is -2.04. The van der Waals surface area contributed by atoms with Gasteiger partial charge in [0.25, 0.3) is 5.91 Å². The zero-order valence-corrected chi connectivity index (χ0v) is 11.9. The van der Waals surface area contributed by atoms with E-state index in [2.05, 4.69) is 5.32 Å². The van der Waals surface area contributed by atoms with Crippen molar-refractivity contribution in [3.8, 4) is 5.75 Å². The molecule has 0 bridgehead atoms. The van der Waals surface area contributed by atoms with Gasteiger partial charge >= 0.3 is 0 Å². The first-order chi connectivity index (χ1) is 9.56. The van der Waals surface area contributed by atoms with E-state index in [1.54, 1.807) is 11.8 Å². The third kappa shape index (κ3) is 3.73. The van der Waals surface area contributed by atoms with Crippen molar-refractivity contribution in [2.45, 2.75) is 26.4 Å². The lowest BCUT2D eigenvalue weighted by Gasteiger charge is -2.23. The van der Waals surface area contributed by atoms with E-state index >= 15 is 0 Å². The Balaban J connectivity index is 1.97. The quantitative estimate of drug-likeness (QED) is 0.899. The third-order valence-corrected chi connectivity index (χ3v) is 3.25. The van der Waals surface area contributed by atoms with Crippen molar-refractivity contribution in [3.05, 3.63) is 29.8 Å². The maximum Gasteiger partial charge on any atom is 0.263 e. The number of rotatable bonds is 3. The summed E-state index contributed by atoms with van der Waals surface area (Å²) in [5, 5.41) is 2.75. The fourth-order valence-electron chi connectivity index (χ4n) is 2.12. The minimum Gasteiger partial charge on any atom is -0.481 e. The number of nitrogens with one attached hydrogen (secondary N) is 1. The Kier molecular flexibility index (Phi) is 4.61. The van der Waals surface area contributed by atoms with E-state index in [0.717, 1.165) is 12.0 Å². The van der Waals surface area contributed by atoms with Crippen molar-refractivity contribution >= 4 is 11.8 Å². The Morgan fingerprint density at radius 1 is 1.35 bits per heavy atom. The molecule has 20 heavy (non-hydrogen) atoms. The minimum absolute atomic E-state index is 0.112. The summed E-state index contributed by atoms with van der Waals surface area (Å²) in [5.41, 5.74) is 1.14. The summed E-state index contributed by atoms with van der Waals surface area (Å²) in [6.07, 6.45) is 0.179. The summed E-state index contributed by atoms with van der Waals surface area (Å²) < 4.78 is 5.64. The number of ether oxygens (including phenoxy) is 1. The van der Waals surface area contributed by atoms with Crippen LogP contribution in [0.2, 0.25) is 0 Å². The van der Waals surface area contributed by atoms with E-state index < -0.39 is 6.10 Å². The van der Waals surface area contributed by atoms with E-state index in [1.165, 1.54) is 0 Å². The van der Waals surface area contributed by atoms with Crippen LogP contribution >= 0.6 is 0 Å². The van der Waals surface area contributed by atoms with Gasteiger partial charge in [-0.05, 0) is 32.4 Å². The fraction of sp³-hybridized carbons (Fsp3) is 0.467. The van der Waals surface area contributed by atoms with Gasteiger partial charge in [-0.2, -0.15) is 0 Å². The van der Waals surface area contributed by atoms with Crippen LogP contribution in [-0.4, -0.2) is 42.5 Å². The highest BCUT2D eigenvalue weighted by Gasteiger charge is 2.25. The molecule has 0 radical (unpaired) electrons. The molecule has 0 spiro atoms. The molecule has 1 aromatic rings. The molecule has 1 heterocycles. The zero-order chi connectivity index (χ0) is 14.5. The number of aryl methyl sites for hydroxylation is 1. The van der Waals surface area contributed by atoms with Gasteiger partial charge in [-0.25, -0.2) is 0 Å². The van der Waals surface area contributed by atoms with Gasteiger partial charge in [0.1, 0.15) is 5.75 Å². The fourth-order valence-corrected chi connectivity index (χ4v) is 2.12. The second-order valence-electron chi connectivity index (χ2n) is 5.04. The highest BCUT2D eigenvalue weighted by atomic mass is 16.5. The molecule has 5 nitrogen and oxygen atoms in total. The maximum atomic E-state index is 12.3. The van der Waals surface area contributed by atoms with Crippen LogP contribution in [0.4, 0.5) is 0 Å². The largest absolute Gasteiger partial charge is 0.481 e. The maximum absolute atomic E-state index is 12.3. The van der Waals surface area contributed by atoms with Crippen LogP contribution in [0.15, 0.2) is 24.3 Å². The summed E-state index contributed by atoms with van der Waals surface area (Å²) in [5.74, 6) is 0.400. The normalized spacial score (nSPS) is 17.1. The van der Waals surface area contributed by atoms with E-state index in [4.69, 9.17) is 4.74 Å². The van der Waals surface area contributed by atoms with Crippen LogP contribution in [0.25, 0.3) is 0 Å². The average molecular weight is 276 g/mol. The molecule has 0 aliphatic carbocycles. The molecule has 0 saturated carbocycles. The lowest BCUT2D eigenvalue weighted by molar-refractivity contribution is -0.140. The first-order valence-corrected chi connectivity index (χ1v) is 6.85. The Morgan fingerprint density at radius 3 is 2.75 bits per heavy atom. The number of benzene rings is 1. The van der Waals surface area contributed by atoms with Gasteiger partial charge in [-0.3, -0.25) is 9.59 Å². The van der Waals surface area contributed by atoms with Gasteiger partial charge in [0.05, 0.1) is 6.54 Å². The predicted octanol–water partition coefficient (Wildman–Crippen LogP) is 1.11. The van der Waals surface area contributed by atoms with Gasteiger partial charge in [0.2, 0.25) is 5.91 Å². The molecule has 108 valence electrons. The van der Waals surface area contributed by atoms with Crippen LogP contribution in [-0.2, 0) is 9.59 Å². The molecule has 1 unspecified atom stereocenters. The van der Waals surface area contributed by atoms with E-state index in [0.29, 0.717) is 18.8 Å². The topological polar surface area (TPSA) is 58.6 Å². The van der Waals surface area contributed by atoms with Gasteiger partial charge in [-0.15, -0.1) is 0 Å². The summed E-state index contributed by atoms with van der Waals surface area (Å²) in [7, 11) is 0. The van der Waals surface area contributed by atoms with E-state index in [-0.39, 0.29) is 18.4 Å². The van der Waals surface area contributed by atoms with Crippen molar-refractivity contribution in [2.75, 3.05) is 19.6 Å². The molecular formula is C15H20N2O3. The van der Waals surface area contributed by atoms with E-state index in [1.807, 2.05) is 31.2 Å². The monoisotopic (exact) mass is 276 g/mol. The van der Waals surface area contributed by atoms with Crippen molar-refractivity contribution in [3.63, 3.8) is 0 Å². The van der Waals surface area contributed by atoms with Crippen molar-refractivity contribution in [1.29, 1.82) is 0 Å².